The lowest BCUT2D eigenvalue weighted by Crippen LogP contribution is -2.42. The summed E-state index contributed by atoms with van der Waals surface area (Å²) in [6.07, 6.45) is 1.68. The van der Waals surface area contributed by atoms with E-state index in [1.807, 2.05) is 50.1 Å². The molecule has 0 N–H and O–H groups in total. The fourth-order valence-corrected chi connectivity index (χ4v) is 4.86. The lowest BCUT2D eigenvalue weighted by molar-refractivity contribution is 0.0888. The fourth-order valence-electron chi connectivity index (χ4n) is 4.86. The Kier molecular flexibility index (Phi) is 3.66. The Bertz CT molecular complexity index is 1330. The molecule has 0 bridgehead atoms. The van der Waals surface area contributed by atoms with E-state index in [0.29, 0.717) is 11.1 Å². The van der Waals surface area contributed by atoms with Crippen LogP contribution in [0.2, 0.25) is 0 Å². The Morgan fingerprint density at radius 2 is 1.40 bits per heavy atom. The van der Waals surface area contributed by atoms with E-state index < -0.39 is 33.8 Å². The van der Waals surface area contributed by atoms with Gasteiger partial charge in [-0.3, -0.25) is 19.2 Å². The van der Waals surface area contributed by atoms with E-state index in [1.165, 1.54) is 0 Å². The number of ketones is 2. The van der Waals surface area contributed by atoms with Crippen molar-refractivity contribution >= 4 is 23.3 Å². The van der Waals surface area contributed by atoms with Gasteiger partial charge in [-0.2, -0.15) is 0 Å². The van der Waals surface area contributed by atoms with Crippen molar-refractivity contribution in [2.45, 2.75) is 25.2 Å². The van der Waals surface area contributed by atoms with Crippen LogP contribution < -0.4 is 15.8 Å². The van der Waals surface area contributed by atoms with Crippen LogP contribution >= 0.6 is 0 Å². The van der Waals surface area contributed by atoms with Crippen molar-refractivity contribution in [2.24, 2.45) is 0 Å². The molecule has 0 radical (unpaired) electrons. The Morgan fingerprint density at radius 1 is 0.833 bits per heavy atom. The number of carbonyl (C=O) groups excluding carboxylic acids is 2. The quantitative estimate of drug-likeness (QED) is 0.491. The predicted octanol–water partition coefficient (Wildman–Crippen LogP) is 3.21. The third-order valence-electron chi connectivity index (χ3n) is 6.48. The number of carbonyl (C=O) groups is 2. The highest BCUT2D eigenvalue weighted by Gasteiger charge is 2.45. The molecule has 0 unspecified atom stereocenters. The van der Waals surface area contributed by atoms with E-state index in [-0.39, 0.29) is 11.1 Å². The minimum absolute atomic E-state index is 0.0267. The number of benzene rings is 2. The molecule has 3 aromatic carbocycles. The number of Topliss-reactive ketones (excluding diaryl/α,β-unsaturated/α-hetero) is 2. The highest BCUT2D eigenvalue weighted by molar-refractivity contribution is 6.30. The predicted molar refractivity (Wildman–Crippen MR) is 115 cm³/mol. The molecule has 148 valence electrons. The van der Waals surface area contributed by atoms with Crippen molar-refractivity contribution in [1.29, 1.82) is 0 Å². The van der Waals surface area contributed by atoms with Crippen LogP contribution in [0.3, 0.4) is 0 Å². The first kappa shape index (κ1) is 18.4. The molecule has 5 rings (SSSR count). The average Bonchev–Trinajstić information content (AvgIpc) is 3.11. The van der Waals surface area contributed by atoms with Gasteiger partial charge in [-0.1, -0.05) is 56.3 Å². The lowest BCUT2D eigenvalue weighted by Gasteiger charge is -2.25. The summed E-state index contributed by atoms with van der Waals surface area (Å²) in [5.74, 6) is -2.05. The summed E-state index contributed by atoms with van der Waals surface area (Å²) in [5.41, 5.74) is 2.01. The van der Waals surface area contributed by atoms with Crippen LogP contribution in [0.25, 0.3) is 6.08 Å². The smallest absolute Gasteiger partial charge is 0.233 e. The topological polar surface area (TPSA) is 71.5 Å². The van der Waals surface area contributed by atoms with E-state index in [2.05, 4.69) is 0 Å². The Labute approximate surface area is 173 Å². The minimum atomic E-state index is -1.23. The van der Waals surface area contributed by atoms with Crippen molar-refractivity contribution in [3.63, 3.8) is 0 Å². The van der Waals surface area contributed by atoms with E-state index >= 15 is 0 Å². The number of anilines is 1. The molecule has 5 heteroatoms. The van der Waals surface area contributed by atoms with Crippen LogP contribution in [-0.4, -0.2) is 18.6 Å². The van der Waals surface area contributed by atoms with Crippen molar-refractivity contribution in [1.82, 2.24) is 0 Å². The molecule has 2 aliphatic rings. The number of nitrogens with zero attached hydrogens (tertiary/aromatic N) is 1. The Hall–Kier alpha value is -3.60. The first-order valence-electron chi connectivity index (χ1n) is 9.81. The van der Waals surface area contributed by atoms with Crippen molar-refractivity contribution in [2.75, 3.05) is 11.9 Å². The van der Waals surface area contributed by atoms with Gasteiger partial charge in [-0.25, -0.2) is 0 Å². The summed E-state index contributed by atoms with van der Waals surface area (Å²) in [4.78, 5) is 52.8. The Morgan fingerprint density at radius 3 is 2.00 bits per heavy atom. The first-order chi connectivity index (χ1) is 14.2. The van der Waals surface area contributed by atoms with E-state index in [9.17, 15) is 19.2 Å². The Balaban J connectivity index is 1.65. The zero-order valence-corrected chi connectivity index (χ0v) is 16.9. The van der Waals surface area contributed by atoms with Crippen LogP contribution in [0.4, 0.5) is 5.69 Å². The highest BCUT2D eigenvalue weighted by Crippen LogP contribution is 2.47. The maximum atomic E-state index is 12.9. The second-order valence-electron chi connectivity index (χ2n) is 8.42. The number of hydrogen-bond donors (Lipinski definition) is 0. The van der Waals surface area contributed by atoms with E-state index in [1.54, 1.807) is 30.3 Å². The molecule has 0 saturated heterocycles. The highest BCUT2D eigenvalue weighted by atomic mass is 16.2. The largest absolute Gasteiger partial charge is 0.347 e. The SMILES string of the molecule is CN1C(=Cc2c(C3C(=O)c4ccccc4C3=O)c(=O)c2=O)C(C)(C)c2ccccc21. The van der Waals surface area contributed by atoms with Crippen LogP contribution in [-0.2, 0) is 5.41 Å². The van der Waals surface area contributed by atoms with Gasteiger partial charge in [0.1, 0.15) is 5.92 Å². The third kappa shape index (κ3) is 2.17. The molecule has 0 atom stereocenters. The number of hydrogen-bond acceptors (Lipinski definition) is 5. The van der Waals surface area contributed by atoms with Gasteiger partial charge in [-0.15, -0.1) is 0 Å². The minimum Gasteiger partial charge on any atom is -0.347 e. The molecule has 0 saturated carbocycles. The van der Waals surface area contributed by atoms with Crippen LogP contribution in [0.5, 0.6) is 0 Å². The maximum absolute atomic E-state index is 12.9. The molecule has 3 aromatic rings. The second kappa shape index (κ2) is 5.95. The second-order valence-corrected chi connectivity index (χ2v) is 8.42. The van der Waals surface area contributed by atoms with Gasteiger partial charge in [0.15, 0.2) is 11.6 Å². The molecule has 5 nitrogen and oxygen atoms in total. The number of rotatable bonds is 2. The number of allylic oxidation sites excluding steroid dienone is 1. The van der Waals surface area contributed by atoms with Gasteiger partial charge in [0.2, 0.25) is 10.9 Å². The molecule has 0 fully saturated rings. The first-order valence-corrected chi connectivity index (χ1v) is 9.81. The molecule has 0 amide bonds. The third-order valence-corrected chi connectivity index (χ3v) is 6.48. The molecular formula is C25H19NO4. The van der Waals surface area contributed by atoms with Gasteiger partial charge in [0.25, 0.3) is 0 Å². The summed E-state index contributed by atoms with van der Waals surface area (Å²) in [6, 6.07) is 14.5. The van der Waals surface area contributed by atoms with Gasteiger partial charge in [0.05, 0.1) is 0 Å². The van der Waals surface area contributed by atoms with Crippen LogP contribution in [0.15, 0.2) is 63.8 Å². The molecular weight excluding hydrogens is 378 g/mol. The van der Waals surface area contributed by atoms with Crippen LogP contribution in [0, 0.1) is 0 Å². The summed E-state index contributed by atoms with van der Waals surface area (Å²) in [7, 11) is 1.91. The maximum Gasteiger partial charge on any atom is 0.233 e. The fraction of sp³-hybridized carbons (Fsp3) is 0.200. The lowest BCUT2D eigenvalue weighted by atomic mass is 9.81. The van der Waals surface area contributed by atoms with Gasteiger partial charge >= 0.3 is 0 Å². The number of likely N-dealkylation sites (N-methyl/N-ethyl adjacent to an activating group) is 1. The molecule has 0 spiro atoms. The molecule has 1 aliphatic heterocycles. The average molecular weight is 397 g/mol. The zero-order valence-electron chi connectivity index (χ0n) is 16.9. The van der Waals surface area contributed by atoms with Crippen molar-refractivity contribution < 1.29 is 9.59 Å². The van der Waals surface area contributed by atoms with Gasteiger partial charge < -0.3 is 4.90 Å². The number of fused-ring (bicyclic) bond motifs is 2. The summed E-state index contributed by atoms with van der Waals surface area (Å²) in [6.45, 7) is 4.10. The summed E-state index contributed by atoms with van der Waals surface area (Å²) >= 11 is 0. The van der Waals surface area contributed by atoms with E-state index in [0.717, 1.165) is 16.9 Å². The summed E-state index contributed by atoms with van der Waals surface area (Å²) in [5, 5.41) is 0. The molecule has 1 heterocycles. The molecule has 0 aromatic heterocycles. The molecule has 30 heavy (non-hydrogen) atoms. The van der Waals surface area contributed by atoms with Crippen molar-refractivity contribution in [3.05, 3.63) is 102 Å². The monoisotopic (exact) mass is 397 g/mol. The normalized spacial score (nSPS) is 19.0. The van der Waals surface area contributed by atoms with Gasteiger partial charge in [-0.05, 0) is 17.7 Å². The zero-order chi connectivity index (χ0) is 21.4. The summed E-state index contributed by atoms with van der Waals surface area (Å²) < 4.78 is 0. The van der Waals surface area contributed by atoms with E-state index in [4.69, 9.17) is 0 Å². The van der Waals surface area contributed by atoms with Crippen LogP contribution in [0.1, 0.15) is 57.2 Å². The van der Waals surface area contributed by atoms with Gasteiger partial charge in [0, 0.05) is 46.1 Å². The standard InChI is InChI=1S/C25H19NO4/c1-25(2)16-10-6-7-11-17(16)26(3)18(25)12-15-19(24(30)23(15)29)20-21(27)13-8-4-5-9-14(13)22(20)28/h4-12,20H,1-3H3. The molecule has 1 aliphatic carbocycles. The van der Waals surface area contributed by atoms with Crippen molar-refractivity contribution in [3.8, 4) is 0 Å². The number of para-hydroxylation sites is 1.